The number of nitrogens with zero attached hydrogens (tertiary/aromatic N) is 2. The Hall–Kier alpha value is -1.84. The zero-order valence-corrected chi connectivity index (χ0v) is 8.11. The van der Waals surface area contributed by atoms with Gasteiger partial charge < -0.3 is 10.3 Å². The average molecular weight is 189 g/mol. The van der Waals surface area contributed by atoms with Gasteiger partial charge in [-0.1, -0.05) is 0 Å². The molecule has 0 aliphatic carbocycles. The zero-order chi connectivity index (χ0) is 10.3. The normalized spacial score (nSPS) is 10.7. The summed E-state index contributed by atoms with van der Waals surface area (Å²) in [7, 11) is 1.89. The Morgan fingerprint density at radius 2 is 2.29 bits per heavy atom. The first-order chi connectivity index (χ1) is 6.59. The fourth-order valence-electron chi connectivity index (χ4n) is 1.52. The van der Waals surface area contributed by atoms with Crippen LogP contribution in [0.1, 0.15) is 16.1 Å². The topological polar surface area (TPSA) is 60.9 Å². The number of hydrogen-bond donors (Lipinski definition) is 1. The molecule has 1 amide bonds. The Morgan fingerprint density at radius 1 is 1.57 bits per heavy atom. The minimum Gasteiger partial charge on any atom is -0.364 e. The number of amides is 1. The second-order valence-corrected chi connectivity index (χ2v) is 3.35. The van der Waals surface area contributed by atoms with Gasteiger partial charge in [-0.05, 0) is 24.6 Å². The lowest BCUT2D eigenvalue weighted by Crippen LogP contribution is -2.13. The van der Waals surface area contributed by atoms with Crippen LogP contribution in [0.15, 0.2) is 18.3 Å². The predicted octanol–water partition coefficient (Wildman–Crippen LogP) is 0.981. The molecular formula is C10H11N3O. The van der Waals surface area contributed by atoms with Gasteiger partial charge in [-0.2, -0.15) is 0 Å². The number of pyridine rings is 1. The molecule has 0 fully saturated rings. The van der Waals surface area contributed by atoms with Crippen molar-refractivity contribution < 1.29 is 4.79 Å². The van der Waals surface area contributed by atoms with E-state index in [0.717, 1.165) is 16.6 Å². The SMILES string of the molecule is Cc1cc(C(N)=O)nc2c1ccn2C. The maximum Gasteiger partial charge on any atom is 0.267 e. The Balaban J connectivity index is 2.82. The summed E-state index contributed by atoms with van der Waals surface area (Å²) in [6, 6.07) is 3.69. The summed E-state index contributed by atoms with van der Waals surface area (Å²) in [4.78, 5) is 15.2. The molecule has 4 heteroatoms. The van der Waals surface area contributed by atoms with Gasteiger partial charge in [0.2, 0.25) is 0 Å². The van der Waals surface area contributed by atoms with E-state index in [1.54, 1.807) is 6.07 Å². The summed E-state index contributed by atoms with van der Waals surface area (Å²) >= 11 is 0. The molecule has 0 saturated heterocycles. The van der Waals surface area contributed by atoms with Crippen LogP contribution in [0.3, 0.4) is 0 Å². The Labute approximate surface area is 81.3 Å². The molecule has 2 N–H and O–H groups in total. The first kappa shape index (κ1) is 8.74. The van der Waals surface area contributed by atoms with E-state index in [0.29, 0.717) is 5.69 Å². The van der Waals surface area contributed by atoms with Crippen molar-refractivity contribution in [3.8, 4) is 0 Å². The van der Waals surface area contributed by atoms with E-state index in [1.165, 1.54) is 0 Å². The second-order valence-electron chi connectivity index (χ2n) is 3.35. The molecule has 14 heavy (non-hydrogen) atoms. The molecular weight excluding hydrogens is 178 g/mol. The number of hydrogen-bond acceptors (Lipinski definition) is 2. The number of aryl methyl sites for hydroxylation is 2. The molecule has 0 aliphatic rings. The van der Waals surface area contributed by atoms with Crippen molar-refractivity contribution >= 4 is 16.9 Å². The highest BCUT2D eigenvalue weighted by molar-refractivity contribution is 5.94. The molecule has 0 radical (unpaired) electrons. The van der Waals surface area contributed by atoms with E-state index in [2.05, 4.69) is 4.98 Å². The highest BCUT2D eigenvalue weighted by Crippen LogP contribution is 2.17. The van der Waals surface area contributed by atoms with Crippen LogP contribution in [0.5, 0.6) is 0 Å². The third-order valence-electron chi connectivity index (χ3n) is 2.30. The molecule has 2 rings (SSSR count). The minimum absolute atomic E-state index is 0.316. The summed E-state index contributed by atoms with van der Waals surface area (Å²) in [5.74, 6) is -0.490. The van der Waals surface area contributed by atoms with Crippen molar-refractivity contribution in [1.82, 2.24) is 9.55 Å². The van der Waals surface area contributed by atoms with Crippen LogP contribution in [0, 0.1) is 6.92 Å². The monoisotopic (exact) mass is 189 g/mol. The van der Waals surface area contributed by atoms with E-state index in [4.69, 9.17) is 5.73 Å². The first-order valence-electron chi connectivity index (χ1n) is 4.32. The lowest BCUT2D eigenvalue weighted by molar-refractivity contribution is 0.0996. The summed E-state index contributed by atoms with van der Waals surface area (Å²) in [6.07, 6.45) is 1.91. The number of aromatic nitrogens is 2. The first-order valence-corrected chi connectivity index (χ1v) is 4.32. The van der Waals surface area contributed by atoms with Gasteiger partial charge in [0.15, 0.2) is 0 Å². The molecule has 2 aromatic rings. The third kappa shape index (κ3) is 1.16. The van der Waals surface area contributed by atoms with E-state index >= 15 is 0 Å². The molecule has 2 heterocycles. The van der Waals surface area contributed by atoms with Gasteiger partial charge in [0.1, 0.15) is 11.3 Å². The van der Waals surface area contributed by atoms with E-state index in [-0.39, 0.29) is 0 Å². The standard InChI is InChI=1S/C10H11N3O/c1-6-5-8(9(11)14)12-10-7(6)3-4-13(10)2/h3-5H,1-2H3,(H2,11,14). The van der Waals surface area contributed by atoms with Crippen molar-refractivity contribution in [3.05, 3.63) is 29.6 Å². The molecule has 0 spiro atoms. The fourth-order valence-corrected chi connectivity index (χ4v) is 1.52. The lowest BCUT2D eigenvalue weighted by atomic mass is 10.2. The van der Waals surface area contributed by atoms with Crippen LogP contribution in [0.2, 0.25) is 0 Å². The van der Waals surface area contributed by atoms with E-state index in [9.17, 15) is 4.79 Å². The summed E-state index contributed by atoms with van der Waals surface area (Å²) in [5.41, 5.74) is 7.31. The largest absolute Gasteiger partial charge is 0.364 e. The number of primary amides is 1. The molecule has 0 bridgehead atoms. The second kappa shape index (κ2) is 2.83. The number of fused-ring (bicyclic) bond motifs is 1. The predicted molar refractivity (Wildman–Crippen MR) is 54.0 cm³/mol. The van der Waals surface area contributed by atoms with Gasteiger partial charge >= 0.3 is 0 Å². The molecule has 4 nitrogen and oxygen atoms in total. The van der Waals surface area contributed by atoms with Gasteiger partial charge in [-0.3, -0.25) is 4.79 Å². The number of rotatable bonds is 1. The third-order valence-corrected chi connectivity index (χ3v) is 2.30. The summed E-state index contributed by atoms with van der Waals surface area (Å²) < 4.78 is 1.87. The lowest BCUT2D eigenvalue weighted by Gasteiger charge is -2.01. The maximum atomic E-state index is 11.0. The maximum absolute atomic E-state index is 11.0. The van der Waals surface area contributed by atoms with Crippen LogP contribution in [0.25, 0.3) is 11.0 Å². The van der Waals surface area contributed by atoms with Gasteiger partial charge in [-0.25, -0.2) is 4.98 Å². The molecule has 0 unspecified atom stereocenters. The van der Waals surface area contributed by atoms with Crippen molar-refractivity contribution in [2.75, 3.05) is 0 Å². The van der Waals surface area contributed by atoms with Crippen molar-refractivity contribution in [1.29, 1.82) is 0 Å². The van der Waals surface area contributed by atoms with Crippen LogP contribution in [0.4, 0.5) is 0 Å². The fraction of sp³-hybridized carbons (Fsp3) is 0.200. The molecule has 0 aliphatic heterocycles. The molecule has 0 saturated carbocycles. The molecule has 2 aromatic heterocycles. The molecule has 72 valence electrons. The van der Waals surface area contributed by atoms with E-state index in [1.807, 2.05) is 30.8 Å². The van der Waals surface area contributed by atoms with Crippen LogP contribution in [-0.4, -0.2) is 15.5 Å². The van der Waals surface area contributed by atoms with Gasteiger partial charge in [0.05, 0.1) is 0 Å². The molecule has 0 atom stereocenters. The number of carbonyl (C=O) groups excluding carboxylic acids is 1. The quantitative estimate of drug-likeness (QED) is 0.726. The van der Waals surface area contributed by atoms with Gasteiger partial charge in [-0.15, -0.1) is 0 Å². The van der Waals surface area contributed by atoms with Crippen molar-refractivity contribution in [3.63, 3.8) is 0 Å². The summed E-state index contributed by atoms with van der Waals surface area (Å²) in [6.45, 7) is 1.94. The van der Waals surface area contributed by atoms with Gasteiger partial charge in [0.25, 0.3) is 5.91 Å². The van der Waals surface area contributed by atoms with E-state index < -0.39 is 5.91 Å². The smallest absolute Gasteiger partial charge is 0.267 e. The number of carbonyl (C=O) groups is 1. The zero-order valence-electron chi connectivity index (χ0n) is 8.11. The molecule has 0 aromatic carbocycles. The highest BCUT2D eigenvalue weighted by Gasteiger charge is 2.08. The van der Waals surface area contributed by atoms with Crippen LogP contribution < -0.4 is 5.73 Å². The Bertz CT molecular complexity index is 513. The van der Waals surface area contributed by atoms with Crippen molar-refractivity contribution in [2.45, 2.75) is 6.92 Å². The minimum atomic E-state index is -0.490. The Kier molecular flexibility index (Phi) is 1.77. The van der Waals surface area contributed by atoms with Crippen molar-refractivity contribution in [2.24, 2.45) is 12.8 Å². The number of nitrogens with two attached hydrogens (primary N) is 1. The highest BCUT2D eigenvalue weighted by atomic mass is 16.1. The summed E-state index contributed by atoms with van der Waals surface area (Å²) in [5, 5.41) is 1.05. The van der Waals surface area contributed by atoms with Crippen LogP contribution >= 0.6 is 0 Å². The van der Waals surface area contributed by atoms with Gasteiger partial charge in [0, 0.05) is 18.6 Å². The Morgan fingerprint density at radius 3 is 2.93 bits per heavy atom. The average Bonchev–Trinajstić information content (AvgIpc) is 2.48. The van der Waals surface area contributed by atoms with Crippen LogP contribution in [-0.2, 0) is 7.05 Å².